The van der Waals surface area contributed by atoms with Crippen molar-refractivity contribution in [2.75, 3.05) is 6.54 Å². The molecule has 5 heteroatoms. The van der Waals surface area contributed by atoms with Gasteiger partial charge in [-0.3, -0.25) is 9.69 Å². The molecule has 94 valence electrons. The molecule has 0 unspecified atom stereocenters. The lowest BCUT2D eigenvalue weighted by Gasteiger charge is -2.27. The zero-order chi connectivity index (χ0) is 13.2. The molecule has 0 bridgehead atoms. The smallest absolute Gasteiger partial charge is 0.399 e. The van der Waals surface area contributed by atoms with Gasteiger partial charge in [0.05, 0.1) is 4.88 Å². The van der Waals surface area contributed by atoms with Crippen LogP contribution < -0.4 is 0 Å². The van der Waals surface area contributed by atoms with Crippen molar-refractivity contribution in [1.29, 1.82) is 0 Å². The number of ether oxygens (including phenoxy) is 1. The lowest BCUT2D eigenvalue weighted by Crippen LogP contribution is -2.42. The van der Waals surface area contributed by atoms with Gasteiger partial charge in [-0.1, -0.05) is 17.9 Å². The highest BCUT2D eigenvalue weighted by Crippen LogP contribution is 2.23. The second-order valence-electron chi connectivity index (χ2n) is 4.32. The Hall–Kier alpha value is -1.80. The largest absolute Gasteiger partial charge is 0.432 e. The lowest BCUT2D eigenvalue weighted by atomic mass is 10.2. The molecule has 1 amide bonds. The van der Waals surface area contributed by atoms with Gasteiger partial charge in [0.15, 0.2) is 5.72 Å². The van der Waals surface area contributed by atoms with Crippen molar-refractivity contribution >= 4 is 23.2 Å². The molecule has 0 N–H and O–H groups in total. The van der Waals surface area contributed by atoms with E-state index in [1.165, 1.54) is 4.90 Å². The van der Waals surface area contributed by atoms with Gasteiger partial charge in [0.2, 0.25) is 0 Å². The molecular formula is C13H13NO3S. The maximum Gasteiger partial charge on any atom is 0.399 e. The second kappa shape index (κ2) is 4.83. The number of hydrogen-bond acceptors (Lipinski definition) is 4. The summed E-state index contributed by atoms with van der Waals surface area (Å²) in [6, 6.07) is 3.88. The van der Waals surface area contributed by atoms with Gasteiger partial charge in [0.25, 0.3) is 0 Å². The van der Waals surface area contributed by atoms with Crippen LogP contribution in [-0.2, 0) is 14.3 Å². The van der Waals surface area contributed by atoms with Gasteiger partial charge in [-0.05, 0) is 25.3 Å². The molecule has 0 spiro atoms. The van der Waals surface area contributed by atoms with Crippen LogP contribution in [0.5, 0.6) is 0 Å². The predicted octanol–water partition coefficient (Wildman–Crippen LogP) is 1.61. The van der Waals surface area contributed by atoms with Gasteiger partial charge in [-0.2, -0.15) is 0 Å². The van der Waals surface area contributed by atoms with Crippen LogP contribution in [0.2, 0.25) is 0 Å². The van der Waals surface area contributed by atoms with E-state index in [-0.39, 0.29) is 0 Å². The molecule has 0 aromatic carbocycles. The fraction of sp³-hybridized carbons (Fsp3) is 0.385. The first-order valence-corrected chi connectivity index (χ1v) is 6.46. The third-order valence-corrected chi connectivity index (χ3v) is 3.39. The first-order valence-electron chi connectivity index (χ1n) is 5.58. The van der Waals surface area contributed by atoms with Crippen LogP contribution in [-0.4, -0.2) is 29.0 Å². The van der Waals surface area contributed by atoms with Crippen LogP contribution >= 0.6 is 11.3 Å². The number of esters is 1. The Balaban J connectivity index is 1.94. The maximum atomic E-state index is 11.5. The molecule has 2 rings (SSSR count). The normalized spacial score (nSPS) is 17.3. The summed E-state index contributed by atoms with van der Waals surface area (Å²) in [5, 5.41) is 1.96. The van der Waals surface area contributed by atoms with E-state index in [0.717, 1.165) is 4.88 Å². The quantitative estimate of drug-likeness (QED) is 0.462. The van der Waals surface area contributed by atoms with E-state index >= 15 is 0 Å². The fourth-order valence-corrected chi connectivity index (χ4v) is 2.31. The van der Waals surface area contributed by atoms with E-state index in [1.807, 2.05) is 17.5 Å². The fourth-order valence-electron chi connectivity index (χ4n) is 1.72. The highest BCUT2D eigenvalue weighted by Gasteiger charge is 2.45. The maximum absolute atomic E-state index is 11.5. The van der Waals surface area contributed by atoms with E-state index in [2.05, 4.69) is 11.8 Å². The Labute approximate surface area is 110 Å². The van der Waals surface area contributed by atoms with E-state index in [0.29, 0.717) is 13.0 Å². The lowest BCUT2D eigenvalue weighted by molar-refractivity contribution is -0.152. The van der Waals surface area contributed by atoms with Crippen molar-refractivity contribution in [3.8, 4) is 11.8 Å². The zero-order valence-corrected chi connectivity index (χ0v) is 11.0. The number of carbonyl (C=O) groups is 2. The molecule has 1 aliphatic heterocycles. The molecule has 1 aromatic heterocycles. The zero-order valence-electron chi connectivity index (χ0n) is 10.2. The van der Waals surface area contributed by atoms with E-state index in [9.17, 15) is 9.59 Å². The van der Waals surface area contributed by atoms with E-state index < -0.39 is 17.6 Å². The van der Waals surface area contributed by atoms with Crippen LogP contribution in [0.4, 0.5) is 0 Å². The van der Waals surface area contributed by atoms with Crippen LogP contribution in [0, 0.1) is 11.8 Å². The number of cyclic esters (lactones) is 1. The van der Waals surface area contributed by atoms with Crippen molar-refractivity contribution in [3.63, 3.8) is 0 Å². The molecule has 1 fully saturated rings. The summed E-state index contributed by atoms with van der Waals surface area (Å²) in [7, 11) is 0. The highest BCUT2D eigenvalue weighted by atomic mass is 32.1. The molecule has 0 saturated carbocycles. The van der Waals surface area contributed by atoms with Gasteiger partial charge >= 0.3 is 11.9 Å². The third-order valence-electron chi connectivity index (χ3n) is 2.61. The topological polar surface area (TPSA) is 46.6 Å². The molecule has 1 saturated heterocycles. The van der Waals surface area contributed by atoms with Gasteiger partial charge in [0, 0.05) is 13.0 Å². The minimum Gasteiger partial charge on any atom is -0.432 e. The number of rotatable bonds is 2. The van der Waals surface area contributed by atoms with Crippen LogP contribution in [0.25, 0.3) is 0 Å². The first kappa shape index (κ1) is 12.7. The number of thiophene rings is 1. The summed E-state index contributed by atoms with van der Waals surface area (Å²) < 4.78 is 4.97. The predicted molar refractivity (Wildman–Crippen MR) is 67.7 cm³/mol. The molecule has 4 nitrogen and oxygen atoms in total. The van der Waals surface area contributed by atoms with Crippen LogP contribution in [0.15, 0.2) is 17.5 Å². The molecule has 0 atom stereocenters. The van der Waals surface area contributed by atoms with Crippen molar-refractivity contribution in [3.05, 3.63) is 22.4 Å². The molecule has 1 aliphatic rings. The molecule has 0 radical (unpaired) electrons. The van der Waals surface area contributed by atoms with E-state index in [1.54, 1.807) is 25.2 Å². The second-order valence-corrected chi connectivity index (χ2v) is 5.27. The van der Waals surface area contributed by atoms with Crippen molar-refractivity contribution in [1.82, 2.24) is 4.90 Å². The average molecular weight is 263 g/mol. The number of nitrogens with zero attached hydrogens (tertiary/aromatic N) is 1. The Morgan fingerprint density at radius 3 is 2.78 bits per heavy atom. The molecule has 18 heavy (non-hydrogen) atoms. The summed E-state index contributed by atoms with van der Waals surface area (Å²) in [6.07, 6.45) is 0.518. The van der Waals surface area contributed by atoms with Crippen LogP contribution in [0.1, 0.15) is 25.1 Å². The Morgan fingerprint density at radius 1 is 1.44 bits per heavy atom. The number of amides is 1. The highest BCUT2D eigenvalue weighted by molar-refractivity contribution is 7.10. The van der Waals surface area contributed by atoms with Gasteiger partial charge in [-0.15, -0.1) is 11.3 Å². The standard InChI is InChI=1S/C13H13NO3S/c1-13(2)14(11(15)12(16)17-13)8-4-3-6-10-7-5-9-18-10/h5,7,9H,4,8H2,1-2H3. The SMILES string of the molecule is CC1(C)OC(=O)C(=O)N1CCC#Cc1cccs1. The average Bonchev–Trinajstić information content (AvgIpc) is 2.85. The minimum atomic E-state index is -0.862. The summed E-state index contributed by atoms with van der Waals surface area (Å²) in [5.41, 5.74) is -0.862. The number of carbonyl (C=O) groups excluding carboxylic acids is 2. The van der Waals surface area contributed by atoms with Crippen molar-refractivity contribution in [2.24, 2.45) is 0 Å². The molecular weight excluding hydrogens is 250 g/mol. The summed E-state index contributed by atoms with van der Waals surface area (Å²) in [4.78, 5) is 25.1. The summed E-state index contributed by atoms with van der Waals surface area (Å²) in [6.45, 7) is 3.79. The van der Waals surface area contributed by atoms with Gasteiger partial charge in [0.1, 0.15) is 0 Å². The minimum absolute atomic E-state index is 0.399. The van der Waals surface area contributed by atoms with Crippen molar-refractivity contribution < 1.29 is 14.3 Å². The first-order chi connectivity index (χ1) is 8.50. The molecule has 2 heterocycles. The monoisotopic (exact) mass is 263 g/mol. The summed E-state index contributed by atoms with van der Waals surface area (Å²) >= 11 is 1.57. The Morgan fingerprint density at radius 2 is 2.22 bits per heavy atom. The summed E-state index contributed by atoms with van der Waals surface area (Å²) in [5.74, 6) is 4.62. The van der Waals surface area contributed by atoms with Gasteiger partial charge < -0.3 is 4.74 Å². The molecule has 1 aromatic rings. The van der Waals surface area contributed by atoms with E-state index in [4.69, 9.17) is 4.74 Å². The number of hydrogen-bond donors (Lipinski definition) is 0. The van der Waals surface area contributed by atoms with Gasteiger partial charge in [-0.25, -0.2) is 4.79 Å². The Kier molecular flexibility index (Phi) is 3.39. The Bertz CT molecular complexity index is 522. The van der Waals surface area contributed by atoms with Crippen molar-refractivity contribution in [2.45, 2.75) is 26.0 Å². The van der Waals surface area contributed by atoms with Crippen LogP contribution in [0.3, 0.4) is 0 Å². The molecule has 0 aliphatic carbocycles. The third kappa shape index (κ3) is 2.54.